The van der Waals surface area contributed by atoms with Gasteiger partial charge in [0, 0.05) is 19.3 Å². The number of hydrogen-bond donors (Lipinski definition) is 1. The molecule has 0 aliphatic carbocycles. The Balaban J connectivity index is 1.29. The predicted octanol–water partition coefficient (Wildman–Crippen LogP) is 3.31. The number of carbonyl (C=O) groups excluding carboxylic acids is 2. The van der Waals surface area contributed by atoms with Gasteiger partial charge in [0.2, 0.25) is 5.91 Å². The van der Waals surface area contributed by atoms with Gasteiger partial charge >= 0.3 is 6.09 Å². The third-order valence-corrected chi connectivity index (χ3v) is 5.30. The quantitative estimate of drug-likeness (QED) is 0.781. The first-order valence-electron chi connectivity index (χ1n) is 11.0. The highest BCUT2D eigenvalue weighted by molar-refractivity contribution is 5.92. The molecule has 172 valence electrons. The van der Waals surface area contributed by atoms with Crippen LogP contribution in [-0.2, 0) is 16.1 Å². The zero-order valence-corrected chi connectivity index (χ0v) is 18.7. The highest BCUT2D eigenvalue weighted by atomic mass is 16.6. The minimum absolute atomic E-state index is 0.121. The largest absolute Gasteiger partial charge is 0.486 e. The zero-order valence-electron chi connectivity index (χ0n) is 18.7. The van der Waals surface area contributed by atoms with Crippen LogP contribution < -0.4 is 14.8 Å². The predicted molar refractivity (Wildman–Crippen MR) is 118 cm³/mol. The second-order valence-corrected chi connectivity index (χ2v) is 9.20. The van der Waals surface area contributed by atoms with Gasteiger partial charge in [-0.15, -0.1) is 0 Å². The molecule has 0 radical (unpaired) electrons. The van der Waals surface area contributed by atoms with Crippen LogP contribution in [0.15, 0.2) is 36.7 Å². The number of piperidine rings is 1. The van der Waals surface area contributed by atoms with Gasteiger partial charge in [0.1, 0.15) is 12.2 Å². The lowest BCUT2D eigenvalue weighted by Gasteiger charge is -2.33. The summed E-state index contributed by atoms with van der Waals surface area (Å²) in [7, 11) is 0. The first-order chi connectivity index (χ1) is 15.3. The maximum absolute atomic E-state index is 12.8. The van der Waals surface area contributed by atoms with Crippen molar-refractivity contribution in [2.75, 3.05) is 25.0 Å². The number of para-hydroxylation sites is 2. The number of aromatic nitrogens is 2. The number of rotatable bonds is 4. The fraction of sp³-hybridized carbons (Fsp3) is 0.522. The Morgan fingerprint density at radius 2 is 2.03 bits per heavy atom. The minimum Gasteiger partial charge on any atom is -0.486 e. The van der Waals surface area contributed by atoms with E-state index >= 15 is 0 Å². The average Bonchev–Trinajstić information content (AvgIpc) is 3.19. The maximum Gasteiger partial charge on any atom is 0.410 e. The summed E-state index contributed by atoms with van der Waals surface area (Å²) in [5.74, 6) is 1.05. The molecule has 2 aliphatic rings. The highest BCUT2D eigenvalue weighted by Gasteiger charge is 2.31. The summed E-state index contributed by atoms with van der Waals surface area (Å²) in [4.78, 5) is 26.7. The number of fused-ring (bicyclic) bond motifs is 1. The van der Waals surface area contributed by atoms with Crippen LogP contribution in [0, 0.1) is 5.92 Å². The molecule has 9 heteroatoms. The molecule has 32 heavy (non-hydrogen) atoms. The lowest BCUT2D eigenvalue weighted by atomic mass is 9.97. The smallest absolute Gasteiger partial charge is 0.410 e. The number of anilines is 1. The molecule has 4 rings (SSSR count). The maximum atomic E-state index is 12.8. The number of benzene rings is 1. The van der Waals surface area contributed by atoms with E-state index in [1.54, 1.807) is 22.0 Å². The Morgan fingerprint density at radius 3 is 2.81 bits per heavy atom. The standard InChI is InChI=1S/C23H30N4O5/c1-23(2,3)32-22(29)26-10-6-7-16(12-26)21(28)25-17-11-24-27(13-17)14-18-15-30-19-8-4-5-9-20(19)31-18/h4-5,8-9,11,13,16,18H,6-7,10,12,14-15H2,1-3H3,(H,25,28)/t16-,18-/m1/s1. The van der Waals surface area contributed by atoms with Crippen molar-refractivity contribution in [2.45, 2.75) is 51.9 Å². The van der Waals surface area contributed by atoms with E-state index in [2.05, 4.69) is 10.4 Å². The summed E-state index contributed by atoms with van der Waals surface area (Å²) in [6, 6.07) is 7.56. The van der Waals surface area contributed by atoms with Crippen molar-refractivity contribution in [2.24, 2.45) is 5.92 Å². The Kier molecular flexibility index (Phi) is 6.25. The van der Waals surface area contributed by atoms with E-state index in [-0.39, 0.29) is 24.0 Å². The minimum atomic E-state index is -0.559. The van der Waals surface area contributed by atoms with E-state index in [0.29, 0.717) is 31.9 Å². The molecule has 0 unspecified atom stereocenters. The van der Waals surface area contributed by atoms with Crippen molar-refractivity contribution in [3.05, 3.63) is 36.7 Å². The molecule has 2 atom stereocenters. The van der Waals surface area contributed by atoms with Crippen molar-refractivity contribution in [1.29, 1.82) is 0 Å². The van der Waals surface area contributed by atoms with Gasteiger partial charge in [0.15, 0.2) is 17.6 Å². The molecule has 0 saturated carbocycles. The first-order valence-corrected chi connectivity index (χ1v) is 11.0. The van der Waals surface area contributed by atoms with Gasteiger partial charge in [-0.3, -0.25) is 9.48 Å². The van der Waals surface area contributed by atoms with Crippen LogP contribution in [0.1, 0.15) is 33.6 Å². The summed E-state index contributed by atoms with van der Waals surface area (Å²) in [5.41, 5.74) is 0.0530. The summed E-state index contributed by atoms with van der Waals surface area (Å²) < 4.78 is 18.9. The zero-order chi connectivity index (χ0) is 22.7. The van der Waals surface area contributed by atoms with E-state index in [1.165, 1.54) is 0 Å². The van der Waals surface area contributed by atoms with Crippen molar-refractivity contribution in [3.8, 4) is 11.5 Å². The van der Waals surface area contributed by atoms with E-state index < -0.39 is 5.60 Å². The van der Waals surface area contributed by atoms with Crippen LogP contribution in [0.3, 0.4) is 0 Å². The molecule has 0 bridgehead atoms. The van der Waals surface area contributed by atoms with Gasteiger partial charge in [-0.05, 0) is 45.7 Å². The van der Waals surface area contributed by atoms with Crippen LogP contribution in [0.4, 0.5) is 10.5 Å². The topological polar surface area (TPSA) is 94.9 Å². The van der Waals surface area contributed by atoms with Gasteiger partial charge in [0.25, 0.3) is 0 Å². The van der Waals surface area contributed by atoms with E-state index in [0.717, 1.165) is 24.3 Å². The molecule has 2 amide bonds. The van der Waals surface area contributed by atoms with Crippen molar-refractivity contribution in [1.82, 2.24) is 14.7 Å². The van der Waals surface area contributed by atoms with Crippen LogP contribution in [0.2, 0.25) is 0 Å². The second kappa shape index (κ2) is 9.10. The number of likely N-dealkylation sites (tertiary alicyclic amines) is 1. The Bertz CT molecular complexity index is 967. The first kappa shape index (κ1) is 22.0. The lowest BCUT2D eigenvalue weighted by Crippen LogP contribution is -2.45. The van der Waals surface area contributed by atoms with Gasteiger partial charge in [-0.2, -0.15) is 5.10 Å². The Labute approximate surface area is 187 Å². The molecule has 2 aromatic rings. The van der Waals surface area contributed by atoms with Gasteiger partial charge in [-0.25, -0.2) is 4.79 Å². The van der Waals surface area contributed by atoms with Crippen LogP contribution >= 0.6 is 0 Å². The SMILES string of the molecule is CC(C)(C)OC(=O)N1CCC[C@@H](C(=O)Nc2cnn(C[C@@H]3COc4ccccc4O3)c2)C1. The summed E-state index contributed by atoms with van der Waals surface area (Å²) in [5, 5.41) is 7.25. The second-order valence-electron chi connectivity index (χ2n) is 9.20. The number of amides is 2. The average molecular weight is 443 g/mol. The normalized spacial score (nSPS) is 20.5. The molecular formula is C23H30N4O5. The van der Waals surface area contributed by atoms with Crippen molar-refractivity contribution >= 4 is 17.7 Å². The third-order valence-electron chi connectivity index (χ3n) is 5.30. The number of hydrogen-bond acceptors (Lipinski definition) is 6. The monoisotopic (exact) mass is 442 g/mol. The molecule has 1 saturated heterocycles. The summed E-state index contributed by atoms with van der Waals surface area (Å²) in [6.45, 7) is 7.38. The molecule has 9 nitrogen and oxygen atoms in total. The molecule has 1 fully saturated rings. The van der Waals surface area contributed by atoms with E-state index in [1.807, 2.05) is 45.0 Å². The fourth-order valence-electron chi connectivity index (χ4n) is 3.82. The number of nitrogens with one attached hydrogen (secondary N) is 1. The molecule has 0 spiro atoms. The van der Waals surface area contributed by atoms with Crippen LogP contribution in [0.5, 0.6) is 11.5 Å². The molecule has 1 aromatic heterocycles. The van der Waals surface area contributed by atoms with Crippen molar-refractivity contribution < 1.29 is 23.8 Å². The van der Waals surface area contributed by atoms with Gasteiger partial charge in [0.05, 0.1) is 24.3 Å². The Morgan fingerprint density at radius 1 is 1.25 bits per heavy atom. The molecule has 1 aromatic carbocycles. The summed E-state index contributed by atoms with van der Waals surface area (Å²) in [6.07, 6.45) is 4.33. The summed E-state index contributed by atoms with van der Waals surface area (Å²) >= 11 is 0. The molecule has 2 aliphatic heterocycles. The third kappa shape index (κ3) is 5.52. The van der Waals surface area contributed by atoms with E-state index in [9.17, 15) is 9.59 Å². The highest BCUT2D eigenvalue weighted by Crippen LogP contribution is 2.31. The lowest BCUT2D eigenvalue weighted by molar-refractivity contribution is -0.121. The number of nitrogens with zero attached hydrogens (tertiary/aromatic N) is 3. The fourth-order valence-corrected chi connectivity index (χ4v) is 3.82. The van der Waals surface area contributed by atoms with Gasteiger partial charge < -0.3 is 24.4 Å². The van der Waals surface area contributed by atoms with Crippen molar-refractivity contribution in [3.63, 3.8) is 0 Å². The number of ether oxygens (including phenoxy) is 3. The van der Waals surface area contributed by atoms with E-state index in [4.69, 9.17) is 14.2 Å². The molecule has 1 N–H and O–H groups in total. The van der Waals surface area contributed by atoms with Gasteiger partial charge in [-0.1, -0.05) is 12.1 Å². The Hall–Kier alpha value is -3.23. The van der Waals surface area contributed by atoms with Crippen LogP contribution in [-0.4, -0.2) is 58.1 Å². The van der Waals surface area contributed by atoms with Crippen LogP contribution in [0.25, 0.3) is 0 Å². The molecule has 3 heterocycles. The molecular weight excluding hydrogens is 412 g/mol. The number of carbonyl (C=O) groups is 2.